The number of hydrogen-bond donors (Lipinski definition) is 0. The van der Waals surface area contributed by atoms with Crippen LogP contribution in [0.25, 0.3) is 0 Å². The van der Waals surface area contributed by atoms with Crippen molar-refractivity contribution in [1.82, 2.24) is 0 Å². The number of carbonyl (C=O) groups excluding carboxylic acids is 1. The maximum absolute atomic E-state index is 12.0. The van der Waals surface area contributed by atoms with Gasteiger partial charge in [-0.05, 0) is 41.6 Å². The zero-order valence-electron chi connectivity index (χ0n) is 11.1. The lowest BCUT2D eigenvalue weighted by Gasteiger charge is -2.54. The Balaban J connectivity index is 2.05. The van der Waals surface area contributed by atoms with E-state index in [1.54, 1.807) is 0 Å². The Morgan fingerprint density at radius 1 is 1.29 bits per heavy atom. The molecule has 94 valence electrons. The number of esters is 1. The summed E-state index contributed by atoms with van der Waals surface area (Å²) in [5.41, 5.74) is 1.75. The van der Waals surface area contributed by atoms with E-state index in [-0.39, 0.29) is 17.3 Å². The van der Waals surface area contributed by atoms with Crippen molar-refractivity contribution in [2.75, 3.05) is 6.61 Å². The van der Waals surface area contributed by atoms with Gasteiger partial charge in [-0.3, -0.25) is 4.79 Å². The molecule has 0 bridgehead atoms. The van der Waals surface area contributed by atoms with Crippen LogP contribution < -0.4 is 0 Å². The summed E-state index contributed by atoms with van der Waals surface area (Å²) < 4.78 is 5.28. The average molecular weight is 234 g/mol. The topological polar surface area (TPSA) is 26.3 Å². The molecule has 1 saturated carbocycles. The molecule has 0 amide bonds. The largest absolute Gasteiger partial charge is 0.461 e. The molecule has 2 fully saturated rings. The van der Waals surface area contributed by atoms with Gasteiger partial charge in [0.1, 0.15) is 6.61 Å². The number of carbonyl (C=O) groups is 1. The van der Waals surface area contributed by atoms with E-state index in [4.69, 9.17) is 4.74 Å². The third kappa shape index (κ3) is 1.42. The van der Waals surface area contributed by atoms with E-state index in [1.807, 2.05) is 0 Å². The molecule has 2 nitrogen and oxygen atoms in total. The van der Waals surface area contributed by atoms with E-state index in [0.717, 1.165) is 6.42 Å². The SMILES string of the molecule is CC1(C)CCC[C@]2(C)[C@H]3C(=O)OCC3=CC[C@@H]12. The molecule has 3 aliphatic rings. The van der Waals surface area contributed by atoms with Crippen LogP contribution in [-0.2, 0) is 9.53 Å². The Hall–Kier alpha value is -0.790. The minimum atomic E-state index is 0.0288. The number of fused-ring (bicyclic) bond motifs is 3. The van der Waals surface area contributed by atoms with E-state index in [1.165, 1.54) is 24.8 Å². The predicted octanol–water partition coefficient (Wildman–Crippen LogP) is 3.32. The van der Waals surface area contributed by atoms with Crippen LogP contribution in [-0.4, -0.2) is 12.6 Å². The van der Waals surface area contributed by atoms with Crippen molar-refractivity contribution in [3.63, 3.8) is 0 Å². The number of cyclic esters (lactones) is 1. The maximum atomic E-state index is 12.0. The second kappa shape index (κ2) is 3.37. The molecular formula is C15H22O2. The molecule has 0 unspecified atom stereocenters. The smallest absolute Gasteiger partial charge is 0.314 e. The van der Waals surface area contributed by atoms with Crippen LogP contribution in [0.4, 0.5) is 0 Å². The van der Waals surface area contributed by atoms with Crippen molar-refractivity contribution < 1.29 is 9.53 Å². The number of rotatable bonds is 0. The first-order valence-corrected chi connectivity index (χ1v) is 6.81. The van der Waals surface area contributed by atoms with Gasteiger partial charge < -0.3 is 4.74 Å². The molecule has 0 spiro atoms. The fourth-order valence-corrected chi connectivity index (χ4v) is 4.71. The fourth-order valence-electron chi connectivity index (χ4n) is 4.71. The monoisotopic (exact) mass is 234 g/mol. The highest BCUT2D eigenvalue weighted by Gasteiger charge is 2.57. The lowest BCUT2D eigenvalue weighted by atomic mass is 9.49. The van der Waals surface area contributed by atoms with Crippen LogP contribution in [0.15, 0.2) is 11.6 Å². The van der Waals surface area contributed by atoms with E-state index in [0.29, 0.717) is 17.9 Å². The van der Waals surface area contributed by atoms with Crippen LogP contribution in [0.5, 0.6) is 0 Å². The summed E-state index contributed by atoms with van der Waals surface area (Å²) >= 11 is 0. The first kappa shape index (κ1) is 11.3. The second-order valence-electron chi connectivity index (χ2n) is 6.96. The molecular weight excluding hydrogens is 212 g/mol. The van der Waals surface area contributed by atoms with Gasteiger partial charge in [-0.25, -0.2) is 0 Å². The van der Waals surface area contributed by atoms with Crippen molar-refractivity contribution in [3.8, 4) is 0 Å². The highest BCUT2D eigenvalue weighted by molar-refractivity contribution is 5.80. The zero-order chi connectivity index (χ0) is 12.3. The van der Waals surface area contributed by atoms with Crippen LogP contribution in [0.2, 0.25) is 0 Å². The lowest BCUT2D eigenvalue weighted by Crippen LogP contribution is -2.49. The van der Waals surface area contributed by atoms with Gasteiger partial charge in [0, 0.05) is 0 Å². The minimum Gasteiger partial charge on any atom is -0.461 e. The Morgan fingerprint density at radius 2 is 2.06 bits per heavy atom. The normalized spacial score (nSPS) is 43.5. The van der Waals surface area contributed by atoms with Crippen LogP contribution in [0.3, 0.4) is 0 Å². The molecule has 17 heavy (non-hydrogen) atoms. The van der Waals surface area contributed by atoms with Crippen molar-refractivity contribution >= 4 is 5.97 Å². The van der Waals surface area contributed by atoms with E-state index in [2.05, 4.69) is 26.8 Å². The maximum Gasteiger partial charge on any atom is 0.314 e. The standard InChI is InChI=1S/C15H22O2/c1-14(2)7-4-8-15(3)11(14)6-5-10-9-17-13(16)12(10)15/h5,11-12H,4,6-9H2,1-3H3/t11-,12+,15-/m0/s1. The summed E-state index contributed by atoms with van der Waals surface area (Å²) in [5, 5.41) is 0. The molecule has 1 heterocycles. The van der Waals surface area contributed by atoms with Gasteiger partial charge >= 0.3 is 5.97 Å². The predicted molar refractivity (Wildman–Crippen MR) is 66.4 cm³/mol. The van der Waals surface area contributed by atoms with E-state index >= 15 is 0 Å². The van der Waals surface area contributed by atoms with Crippen molar-refractivity contribution in [3.05, 3.63) is 11.6 Å². The molecule has 0 aromatic heterocycles. The Labute approximate surface area is 103 Å². The summed E-state index contributed by atoms with van der Waals surface area (Å²) in [4.78, 5) is 12.0. The molecule has 2 aliphatic carbocycles. The molecule has 2 heteroatoms. The molecule has 3 rings (SSSR count). The van der Waals surface area contributed by atoms with Gasteiger partial charge in [-0.2, -0.15) is 0 Å². The Bertz CT molecular complexity index is 394. The number of ether oxygens (including phenoxy) is 1. The minimum absolute atomic E-state index is 0.0288. The number of allylic oxidation sites excluding steroid dienone is 1. The van der Waals surface area contributed by atoms with E-state index in [9.17, 15) is 4.79 Å². The summed E-state index contributed by atoms with van der Waals surface area (Å²) in [5.74, 6) is 0.713. The van der Waals surface area contributed by atoms with Crippen LogP contribution >= 0.6 is 0 Å². The summed E-state index contributed by atoms with van der Waals surface area (Å²) in [6.45, 7) is 7.61. The van der Waals surface area contributed by atoms with Crippen molar-refractivity contribution in [2.24, 2.45) is 22.7 Å². The summed E-state index contributed by atoms with van der Waals surface area (Å²) in [6, 6.07) is 0. The van der Waals surface area contributed by atoms with Gasteiger partial charge in [-0.15, -0.1) is 0 Å². The Morgan fingerprint density at radius 3 is 2.82 bits per heavy atom. The molecule has 0 aromatic rings. The highest BCUT2D eigenvalue weighted by Crippen LogP contribution is 2.60. The molecule has 0 N–H and O–H groups in total. The summed E-state index contributed by atoms with van der Waals surface area (Å²) in [7, 11) is 0. The fraction of sp³-hybridized carbons (Fsp3) is 0.800. The summed E-state index contributed by atoms with van der Waals surface area (Å²) in [6.07, 6.45) is 7.13. The highest BCUT2D eigenvalue weighted by atomic mass is 16.5. The first-order chi connectivity index (χ1) is 7.95. The van der Waals surface area contributed by atoms with Gasteiger partial charge in [0.05, 0.1) is 5.92 Å². The quantitative estimate of drug-likeness (QED) is 0.475. The van der Waals surface area contributed by atoms with E-state index < -0.39 is 0 Å². The van der Waals surface area contributed by atoms with Crippen molar-refractivity contribution in [1.29, 1.82) is 0 Å². The van der Waals surface area contributed by atoms with Gasteiger partial charge in [-0.1, -0.05) is 33.3 Å². The second-order valence-corrected chi connectivity index (χ2v) is 6.96. The Kier molecular flexibility index (Phi) is 2.24. The molecule has 1 aliphatic heterocycles. The van der Waals surface area contributed by atoms with Crippen LogP contribution in [0, 0.1) is 22.7 Å². The molecule has 0 radical (unpaired) electrons. The van der Waals surface area contributed by atoms with Gasteiger partial charge in [0.2, 0.25) is 0 Å². The average Bonchev–Trinajstić information content (AvgIpc) is 2.60. The zero-order valence-corrected chi connectivity index (χ0v) is 11.1. The number of hydrogen-bond acceptors (Lipinski definition) is 2. The lowest BCUT2D eigenvalue weighted by molar-refractivity contribution is -0.148. The third-order valence-electron chi connectivity index (χ3n) is 5.54. The van der Waals surface area contributed by atoms with Gasteiger partial charge in [0.15, 0.2) is 0 Å². The first-order valence-electron chi connectivity index (χ1n) is 6.81. The van der Waals surface area contributed by atoms with Crippen molar-refractivity contribution in [2.45, 2.75) is 46.5 Å². The molecule has 0 aromatic carbocycles. The van der Waals surface area contributed by atoms with Gasteiger partial charge in [0.25, 0.3) is 0 Å². The molecule has 1 saturated heterocycles. The van der Waals surface area contributed by atoms with Crippen LogP contribution in [0.1, 0.15) is 46.5 Å². The third-order valence-corrected chi connectivity index (χ3v) is 5.54. The molecule has 3 atom stereocenters.